The molecule has 0 bridgehead atoms. The van der Waals surface area contributed by atoms with Gasteiger partial charge < -0.3 is 14.6 Å². The highest BCUT2D eigenvalue weighted by molar-refractivity contribution is 5.86. The molecule has 2 fully saturated rings. The third kappa shape index (κ3) is 1.72. The summed E-state index contributed by atoms with van der Waals surface area (Å²) in [6, 6.07) is 7.22. The summed E-state index contributed by atoms with van der Waals surface area (Å²) in [6.45, 7) is 2.72. The molecule has 2 N–H and O–H groups in total. The number of aromatic amines is 1. The molecule has 0 radical (unpaired) electrons. The molecule has 116 valence electrons. The van der Waals surface area contributed by atoms with Gasteiger partial charge in [-0.05, 0) is 36.6 Å². The largest absolute Gasteiger partial charge is 0.497 e. The minimum Gasteiger partial charge on any atom is -0.497 e. The molecule has 1 aliphatic carbocycles. The van der Waals surface area contributed by atoms with Gasteiger partial charge in [0.2, 0.25) is 0 Å². The van der Waals surface area contributed by atoms with Crippen LogP contribution in [-0.4, -0.2) is 25.2 Å². The first-order valence-electron chi connectivity index (χ1n) is 8.88. The van der Waals surface area contributed by atoms with Crippen LogP contribution in [0.2, 0.25) is 0 Å². The van der Waals surface area contributed by atoms with E-state index < -0.39 is 0 Å². The van der Waals surface area contributed by atoms with Gasteiger partial charge in [0.15, 0.2) is 0 Å². The van der Waals surface area contributed by atoms with Crippen LogP contribution < -0.4 is 9.64 Å². The molecule has 5 rings (SSSR count). The van der Waals surface area contributed by atoms with Gasteiger partial charge in [0.25, 0.3) is 0 Å². The maximum absolute atomic E-state index is 5.44. The van der Waals surface area contributed by atoms with Crippen LogP contribution in [0.4, 0.5) is 0 Å². The number of hydrogen-bond acceptors (Lipinski definition) is 1. The van der Waals surface area contributed by atoms with Crippen LogP contribution >= 0.6 is 0 Å². The van der Waals surface area contributed by atoms with E-state index in [2.05, 4.69) is 23.2 Å². The van der Waals surface area contributed by atoms with Crippen molar-refractivity contribution in [2.75, 3.05) is 20.2 Å². The summed E-state index contributed by atoms with van der Waals surface area (Å²) < 4.78 is 5.44. The SMILES string of the molecule is COc1ccc2[nH]c3c(c2c1)CC[NH+]1C[C@H]2CCCC[C@@H]2[C@@H]31. The normalized spacial score (nSPS) is 33.3. The second kappa shape index (κ2) is 4.76. The molecule has 1 saturated heterocycles. The molecule has 0 amide bonds. The van der Waals surface area contributed by atoms with Crippen molar-refractivity contribution >= 4 is 10.9 Å². The third-order valence-corrected chi connectivity index (χ3v) is 6.51. The van der Waals surface area contributed by atoms with E-state index >= 15 is 0 Å². The number of hydrogen-bond donors (Lipinski definition) is 2. The molecule has 1 unspecified atom stereocenters. The molecule has 3 nitrogen and oxygen atoms in total. The highest BCUT2D eigenvalue weighted by Crippen LogP contribution is 2.43. The molecule has 4 atom stereocenters. The average Bonchev–Trinajstić information content (AvgIpc) is 3.11. The van der Waals surface area contributed by atoms with E-state index in [1.165, 1.54) is 56.1 Å². The lowest BCUT2D eigenvalue weighted by atomic mass is 9.77. The number of nitrogens with one attached hydrogen (secondary N) is 2. The summed E-state index contributed by atoms with van der Waals surface area (Å²) in [6.07, 6.45) is 7.02. The zero-order valence-corrected chi connectivity index (χ0v) is 13.3. The van der Waals surface area contributed by atoms with Crippen molar-refractivity contribution in [1.82, 2.24) is 4.98 Å². The van der Waals surface area contributed by atoms with Gasteiger partial charge in [0, 0.05) is 29.2 Å². The van der Waals surface area contributed by atoms with Crippen molar-refractivity contribution in [2.24, 2.45) is 11.8 Å². The van der Waals surface area contributed by atoms with Crippen molar-refractivity contribution in [3.8, 4) is 5.75 Å². The number of quaternary nitrogens is 1. The molecular formula is C19H25N2O+. The van der Waals surface area contributed by atoms with Gasteiger partial charge in [-0.2, -0.15) is 0 Å². The Morgan fingerprint density at radius 2 is 2.14 bits per heavy atom. The topological polar surface area (TPSA) is 29.5 Å². The Labute approximate surface area is 131 Å². The Balaban J connectivity index is 1.64. The van der Waals surface area contributed by atoms with E-state index in [-0.39, 0.29) is 0 Å². The van der Waals surface area contributed by atoms with Crippen molar-refractivity contribution in [3.05, 3.63) is 29.5 Å². The van der Waals surface area contributed by atoms with E-state index in [9.17, 15) is 0 Å². The summed E-state index contributed by atoms with van der Waals surface area (Å²) >= 11 is 0. The van der Waals surface area contributed by atoms with Crippen molar-refractivity contribution in [2.45, 2.75) is 38.1 Å². The first-order valence-corrected chi connectivity index (χ1v) is 8.88. The van der Waals surface area contributed by atoms with Crippen LogP contribution in [0.25, 0.3) is 10.9 Å². The monoisotopic (exact) mass is 297 g/mol. The van der Waals surface area contributed by atoms with Gasteiger partial charge >= 0.3 is 0 Å². The zero-order valence-electron chi connectivity index (χ0n) is 13.3. The summed E-state index contributed by atoms with van der Waals surface area (Å²) in [5, 5.41) is 1.40. The lowest BCUT2D eigenvalue weighted by Gasteiger charge is -2.30. The van der Waals surface area contributed by atoms with E-state index in [0.29, 0.717) is 0 Å². The standard InChI is InChI=1S/C19H24N2O/c1-22-13-6-7-17-16(10-13)15-8-9-21-11-12-4-2-3-5-14(12)19(21)18(15)20-17/h6-7,10,12,14,19-20H,2-5,8-9,11H2,1H3/p+1/t12-,14+,19+/m1/s1. The smallest absolute Gasteiger partial charge is 0.132 e. The number of fused-ring (bicyclic) bond motifs is 7. The van der Waals surface area contributed by atoms with Crippen LogP contribution in [-0.2, 0) is 6.42 Å². The fourth-order valence-electron chi connectivity index (χ4n) is 5.57. The fraction of sp³-hybridized carbons (Fsp3) is 0.579. The number of H-pyrrole nitrogens is 1. The molecule has 3 heterocycles. The summed E-state index contributed by atoms with van der Waals surface area (Å²) in [4.78, 5) is 5.65. The molecule has 2 aromatic rings. The van der Waals surface area contributed by atoms with E-state index in [1.807, 2.05) is 4.90 Å². The van der Waals surface area contributed by atoms with Crippen molar-refractivity contribution in [1.29, 1.82) is 0 Å². The second-order valence-electron chi connectivity index (χ2n) is 7.48. The summed E-state index contributed by atoms with van der Waals surface area (Å²) in [5.74, 6) is 2.87. The molecule has 0 spiro atoms. The van der Waals surface area contributed by atoms with Gasteiger partial charge in [-0.1, -0.05) is 12.8 Å². The Hall–Kier alpha value is -1.48. The third-order valence-electron chi connectivity index (χ3n) is 6.51. The van der Waals surface area contributed by atoms with Gasteiger partial charge in [0.1, 0.15) is 11.8 Å². The molecule has 22 heavy (non-hydrogen) atoms. The van der Waals surface area contributed by atoms with Gasteiger partial charge in [-0.25, -0.2) is 0 Å². The van der Waals surface area contributed by atoms with Gasteiger partial charge in [-0.3, -0.25) is 0 Å². The molecule has 1 aromatic heterocycles. The quantitative estimate of drug-likeness (QED) is 0.832. The maximum Gasteiger partial charge on any atom is 0.132 e. The number of ether oxygens (including phenoxy) is 1. The van der Waals surface area contributed by atoms with Crippen molar-refractivity contribution < 1.29 is 9.64 Å². The number of rotatable bonds is 1. The number of benzene rings is 1. The minimum absolute atomic E-state index is 0.729. The maximum atomic E-state index is 5.44. The van der Waals surface area contributed by atoms with Gasteiger partial charge in [-0.15, -0.1) is 0 Å². The summed E-state index contributed by atoms with van der Waals surface area (Å²) in [7, 11) is 1.76. The Morgan fingerprint density at radius 3 is 3.05 bits per heavy atom. The first kappa shape index (κ1) is 13.0. The highest BCUT2D eigenvalue weighted by atomic mass is 16.5. The molecule has 3 heteroatoms. The van der Waals surface area contributed by atoms with Crippen LogP contribution in [0.3, 0.4) is 0 Å². The average molecular weight is 297 g/mol. The minimum atomic E-state index is 0.729. The van der Waals surface area contributed by atoms with E-state index in [1.54, 1.807) is 18.4 Å². The van der Waals surface area contributed by atoms with Crippen LogP contribution in [0, 0.1) is 11.8 Å². The lowest BCUT2D eigenvalue weighted by molar-refractivity contribution is -0.924. The fourth-order valence-corrected chi connectivity index (χ4v) is 5.57. The molecule has 1 saturated carbocycles. The molecular weight excluding hydrogens is 272 g/mol. The van der Waals surface area contributed by atoms with Crippen molar-refractivity contribution in [3.63, 3.8) is 0 Å². The highest BCUT2D eigenvalue weighted by Gasteiger charge is 2.50. The van der Waals surface area contributed by atoms with E-state index in [4.69, 9.17) is 4.74 Å². The predicted octanol–water partition coefficient (Wildman–Crippen LogP) is 2.48. The summed E-state index contributed by atoms with van der Waals surface area (Å²) in [5.41, 5.74) is 4.43. The number of aromatic nitrogens is 1. The lowest BCUT2D eigenvalue weighted by Crippen LogP contribution is -3.11. The van der Waals surface area contributed by atoms with Crippen LogP contribution in [0.1, 0.15) is 43.0 Å². The molecule has 2 aliphatic heterocycles. The Kier molecular flexibility index (Phi) is 2.81. The van der Waals surface area contributed by atoms with Gasteiger partial charge in [0.05, 0.1) is 25.9 Å². The predicted molar refractivity (Wildman–Crippen MR) is 87.4 cm³/mol. The Bertz CT molecular complexity index is 720. The zero-order chi connectivity index (χ0) is 14.7. The number of methoxy groups -OCH3 is 1. The molecule has 1 aromatic carbocycles. The second-order valence-corrected chi connectivity index (χ2v) is 7.48. The van der Waals surface area contributed by atoms with E-state index in [0.717, 1.165) is 23.6 Å². The van der Waals surface area contributed by atoms with Crippen LogP contribution in [0.15, 0.2) is 18.2 Å². The Morgan fingerprint density at radius 1 is 1.23 bits per heavy atom. The van der Waals surface area contributed by atoms with Crippen LogP contribution in [0.5, 0.6) is 5.75 Å². The first-order chi connectivity index (χ1) is 10.8. The molecule has 3 aliphatic rings.